The van der Waals surface area contributed by atoms with Gasteiger partial charge in [-0.25, -0.2) is 0 Å². The summed E-state index contributed by atoms with van der Waals surface area (Å²) in [6.07, 6.45) is 5.86. The van der Waals surface area contributed by atoms with Gasteiger partial charge in [-0.15, -0.1) is 0 Å². The van der Waals surface area contributed by atoms with Crippen molar-refractivity contribution in [3.8, 4) is 0 Å². The van der Waals surface area contributed by atoms with Crippen LogP contribution in [0.3, 0.4) is 0 Å². The number of aryl methyl sites for hydroxylation is 2. The van der Waals surface area contributed by atoms with E-state index in [4.69, 9.17) is 0 Å². The van der Waals surface area contributed by atoms with E-state index in [0.29, 0.717) is 5.41 Å². The summed E-state index contributed by atoms with van der Waals surface area (Å²) in [6, 6.07) is 0. The fourth-order valence-electron chi connectivity index (χ4n) is 2.08. The predicted octanol–water partition coefficient (Wildman–Crippen LogP) is 4.47. The smallest absolute Gasteiger partial charge is 0.0656 e. The van der Waals surface area contributed by atoms with Crippen LogP contribution >= 0.6 is 0 Å². The molecule has 2 nitrogen and oxygen atoms in total. The van der Waals surface area contributed by atoms with E-state index in [2.05, 4.69) is 36.7 Å². The van der Waals surface area contributed by atoms with Crippen molar-refractivity contribution in [1.29, 1.82) is 0 Å². The summed E-state index contributed by atoms with van der Waals surface area (Å²) in [4.78, 5) is 0. The van der Waals surface area contributed by atoms with Crippen LogP contribution in [0.25, 0.3) is 0 Å². The highest BCUT2D eigenvalue weighted by Gasteiger charge is 2.26. The molecule has 100 valence electrons. The van der Waals surface area contributed by atoms with Crippen molar-refractivity contribution in [2.24, 2.45) is 5.41 Å². The average Bonchev–Trinajstić information content (AvgIpc) is 2.75. The van der Waals surface area contributed by atoms with Gasteiger partial charge in [-0.3, -0.25) is 4.68 Å². The van der Waals surface area contributed by atoms with Crippen LogP contribution in [0.2, 0.25) is 0 Å². The van der Waals surface area contributed by atoms with Gasteiger partial charge in [0.25, 0.3) is 0 Å². The molecule has 2 heteroatoms. The van der Waals surface area contributed by atoms with Gasteiger partial charge in [-0.05, 0) is 37.2 Å². The van der Waals surface area contributed by atoms with E-state index in [9.17, 15) is 0 Å². The molecule has 0 spiro atoms. The molecule has 1 aliphatic carbocycles. The van der Waals surface area contributed by atoms with E-state index >= 15 is 0 Å². The van der Waals surface area contributed by atoms with E-state index in [1.807, 2.05) is 27.7 Å². The third-order valence-corrected chi connectivity index (χ3v) is 2.96. The van der Waals surface area contributed by atoms with Crippen LogP contribution in [0.4, 0.5) is 0 Å². The Labute approximate surface area is 107 Å². The molecule has 0 aromatic carbocycles. The summed E-state index contributed by atoms with van der Waals surface area (Å²) in [5.74, 6) is 0. The van der Waals surface area contributed by atoms with Gasteiger partial charge in [-0.2, -0.15) is 5.10 Å². The molecule has 0 radical (unpaired) electrons. The molecule has 0 unspecified atom stereocenters. The van der Waals surface area contributed by atoms with Gasteiger partial charge in [-0.1, -0.05) is 41.5 Å². The molecule has 0 saturated heterocycles. The molecule has 1 aliphatic rings. The minimum absolute atomic E-state index is 0.481. The van der Waals surface area contributed by atoms with Gasteiger partial charge in [0.1, 0.15) is 0 Å². The van der Waals surface area contributed by atoms with E-state index < -0.39 is 0 Å². The Kier molecular flexibility index (Phi) is 7.17. The lowest BCUT2D eigenvalue weighted by molar-refractivity contribution is 0.314. The second-order valence-electron chi connectivity index (χ2n) is 4.80. The summed E-state index contributed by atoms with van der Waals surface area (Å²) in [5, 5.41) is 4.55. The van der Waals surface area contributed by atoms with E-state index in [1.165, 1.54) is 24.1 Å². The minimum Gasteiger partial charge on any atom is -0.272 e. The van der Waals surface area contributed by atoms with E-state index in [-0.39, 0.29) is 0 Å². The summed E-state index contributed by atoms with van der Waals surface area (Å²) in [6.45, 7) is 15.8. The largest absolute Gasteiger partial charge is 0.272 e. The molecular formula is C15H30N2. The Bertz CT molecular complexity index is 311. The Morgan fingerprint density at radius 2 is 1.82 bits per heavy atom. The summed E-state index contributed by atoms with van der Waals surface area (Å²) < 4.78 is 2.06. The molecular weight excluding hydrogens is 208 g/mol. The quantitative estimate of drug-likeness (QED) is 0.706. The van der Waals surface area contributed by atoms with Gasteiger partial charge in [0.15, 0.2) is 0 Å². The molecule has 0 bridgehead atoms. The first kappa shape index (κ1) is 16.2. The van der Waals surface area contributed by atoms with Gasteiger partial charge >= 0.3 is 0 Å². The average molecular weight is 238 g/mol. The Balaban J connectivity index is 0.000000581. The monoisotopic (exact) mass is 238 g/mol. The van der Waals surface area contributed by atoms with Crippen LogP contribution < -0.4 is 0 Å². The number of hydrogen-bond donors (Lipinski definition) is 0. The van der Waals surface area contributed by atoms with Crippen molar-refractivity contribution >= 4 is 0 Å². The molecule has 2 rings (SSSR count). The minimum atomic E-state index is 0.481. The van der Waals surface area contributed by atoms with Crippen molar-refractivity contribution in [2.75, 3.05) is 0 Å². The maximum atomic E-state index is 4.55. The van der Waals surface area contributed by atoms with Crippen LogP contribution in [-0.2, 0) is 19.4 Å². The van der Waals surface area contributed by atoms with E-state index in [0.717, 1.165) is 13.0 Å². The zero-order valence-corrected chi connectivity index (χ0v) is 12.8. The van der Waals surface area contributed by atoms with Crippen molar-refractivity contribution in [3.05, 3.63) is 17.5 Å². The first-order chi connectivity index (χ1) is 8.11. The maximum Gasteiger partial charge on any atom is 0.0656 e. The van der Waals surface area contributed by atoms with Gasteiger partial charge < -0.3 is 0 Å². The fourth-order valence-corrected chi connectivity index (χ4v) is 2.08. The van der Waals surface area contributed by atoms with Crippen molar-refractivity contribution in [3.63, 3.8) is 0 Å². The summed E-state index contributed by atoms with van der Waals surface area (Å²) in [7, 11) is 0. The summed E-state index contributed by atoms with van der Waals surface area (Å²) in [5.41, 5.74) is 3.29. The molecule has 0 N–H and O–H groups in total. The van der Waals surface area contributed by atoms with Crippen LogP contribution in [0.1, 0.15) is 66.1 Å². The lowest BCUT2D eigenvalue weighted by Crippen LogP contribution is -2.21. The van der Waals surface area contributed by atoms with Crippen LogP contribution in [0.5, 0.6) is 0 Å². The highest BCUT2D eigenvalue weighted by atomic mass is 15.3. The lowest BCUT2D eigenvalue weighted by atomic mass is 9.77. The predicted molar refractivity (Wildman–Crippen MR) is 76.4 cm³/mol. The number of aromatic nitrogens is 2. The lowest BCUT2D eigenvalue weighted by Gasteiger charge is -2.28. The zero-order chi connectivity index (χ0) is 13.5. The maximum absolute atomic E-state index is 4.55. The number of hydrogen-bond acceptors (Lipinski definition) is 1. The van der Waals surface area contributed by atoms with Crippen molar-refractivity contribution in [1.82, 2.24) is 9.78 Å². The highest BCUT2D eigenvalue weighted by Crippen LogP contribution is 2.33. The molecule has 1 aromatic rings. The van der Waals surface area contributed by atoms with Crippen LogP contribution in [-0.4, -0.2) is 9.78 Å². The second kappa shape index (κ2) is 7.52. The number of fused-ring (bicyclic) bond motifs is 1. The molecule has 1 heterocycles. The summed E-state index contributed by atoms with van der Waals surface area (Å²) >= 11 is 0. The third kappa shape index (κ3) is 4.53. The zero-order valence-electron chi connectivity index (χ0n) is 12.8. The molecule has 0 saturated carbocycles. The molecule has 0 atom stereocenters. The number of rotatable bonds is 1. The van der Waals surface area contributed by atoms with Crippen molar-refractivity contribution < 1.29 is 0 Å². The molecule has 1 aromatic heterocycles. The molecule has 0 amide bonds. The third-order valence-electron chi connectivity index (χ3n) is 2.96. The standard InChI is InChI=1S/C11H18N2.2C2H6/c1-4-13-8-9-7-11(2,3)6-5-10(9)12-13;2*1-2/h8H,4-7H2,1-3H3;2*1-2H3. The fraction of sp³-hybridized carbons (Fsp3) is 0.800. The molecule has 0 aliphatic heterocycles. The van der Waals surface area contributed by atoms with Gasteiger partial charge in [0.2, 0.25) is 0 Å². The SMILES string of the molecule is CC.CC.CCn1cc2c(n1)CCC(C)(C)C2. The second-order valence-corrected chi connectivity index (χ2v) is 4.80. The number of nitrogens with zero attached hydrogens (tertiary/aromatic N) is 2. The van der Waals surface area contributed by atoms with E-state index in [1.54, 1.807) is 0 Å². The normalized spacial score (nSPS) is 15.9. The Morgan fingerprint density at radius 3 is 2.35 bits per heavy atom. The first-order valence-electron chi connectivity index (χ1n) is 7.16. The van der Waals surface area contributed by atoms with Crippen LogP contribution in [0, 0.1) is 5.41 Å². The van der Waals surface area contributed by atoms with Crippen LogP contribution in [0.15, 0.2) is 6.20 Å². The van der Waals surface area contributed by atoms with Gasteiger partial charge in [0, 0.05) is 12.7 Å². The molecule has 17 heavy (non-hydrogen) atoms. The molecule has 0 fully saturated rings. The van der Waals surface area contributed by atoms with Gasteiger partial charge in [0.05, 0.1) is 5.69 Å². The Hall–Kier alpha value is -0.790. The first-order valence-corrected chi connectivity index (χ1v) is 7.16. The topological polar surface area (TPSA) is 17.8 Å². The van der Waals surface area contributed by atoms with Crippen molar-refractivity contribution in [2.45, 2.75) is 74.3 Å². The Morgan fingerprint density at radius 1 is 1.24 bits per heavy atom. The highest BCUT2D eigenvalue weighted by molar-refractivity contribution is 5.22.